The lowest BCUT2D eigenvalue weighted by molar-refractivity contribution is -0.123. The van der Waals surface area contributed by atoms with E-state index >= 15 is 0 Å². The summed E-state index contributed by atoms with van der Waals surface area (Å²) in [5.74, 6) is -2.36. The molecule has 0 saturated heterocycles. The smallest absolute Gasteiger partial charge is 0.338 e. The van der Waals surface area contributed by atoms with E-state index in [1.54, 1.807) is 12.1 Å². The minimum Gasteiger partial charge on any atom is -0.478 e. The van der Waals surface area contributed by atoms with E-state index in [2.05, 4.69) is 5.32 Å². The van der Waals surface area contributed by atoms with Crippen LogP contribution in [0.25, 0.3) is 0 Å². The zero-order chi connectivity index (χ0) is 17.7. The van der Waals surface area contributed by atoms with Gasteiger partial charge in [-0.25, -0.2) is 9.59 Å². The number of carboxylic acid groups (broad SMARTS) is 1. The van der Waals surface area contributed by atoms with Crippen LogP contribution >= 0.6 is 0 Å². The van der Waals surface area contributed by atoms with E-state index in [1.165, 1.54) is 43.3 Å². The van der Waals surface area contributed by atoms with Gasteiger partial charge in [-0.2, -0.15) is 0 Å². The number of nitrogens with one attached hydrogen (secondary N) is 1. The number of nitrogens with two attached hydrogens (primary N) is 1. The number of ether oxygens (including phenoxy) is 1. The van der Waals surface area contributed by atoms with Crippen molar-refractivity contribution in [3.8, 4) is 0 Å². The maximum atomic E-state index is 12.1. The van der Waals surface area contributed by atoms with Crippen molar-refractivity contribution in [2.24, 2.45) is 0 Å². The number of benzene rings is 2. The van der Waals surface area contributed by atoms with Crippen molar-refractivity contribution in [2.75, 3.05) is 11.1 Å². The zero-order valence-electron chi connectivity index (χ0n) is 12.9. The minimum atomic E-state index is -1.10. The van der Waals surface area contributed by atoms with Crippen LogP contribution in [0.3, 0.4) is 0 Å². The Kier molecular flexibility index (Phi) is 5.16. The Hall–Kier alpha value is -3.35. The standard InChI is InChI=1S/C17H16N2O5/c1-10(24-17(23)12-5-2-6-13(18)8-12)15(20)19-14-7-3-4-11(9-14)16(21)22/h2-10H,18H2,1H3,(H,19,20)(H,21,22). The van der Waals surface area contributed by atoms with E-state index in [-0.39, 0.29) is 11.1 Å². The van der Waals surface area contributed by atoms with Crippen LogP contribution in [-0.4, -0.2) is 29.1 Å². The van der Waals surface area contributed by atoms with Gasteiger partial charge in [-0.05, 0) is 43.3 Å². The Labute approximate surface area is 138 Å². The molecule has 0 aromatic heterocycles. The lowest BCUT2D eigenvalue weighted by Gasteiger charge is -2.14. The molecule has 1 atom stereocenters. The molecule has 0 aliphatic rings. The quantitative estimate of drug-likeness (QED) is 0.571. The largest absolute Gasteiger partial charge is 0.478 e. The van der Waals surface area contributed by atoms with Gasteiger partial charge in [0.2, 0.25) is 0 Å². The highest BCUT2D eigenvalue weighted by atomic mass is 16.5. The van der Waals surface area contributed by atoms with Crippen LogP contribution in [0.2, 0.25) is 0 Å². The summed E-state index contributed by atoms with van der Waals surface area (Å²) < 4.78 is 5.08. The molecule has 1 amide bonds. The molecule has 7 nitrogen and oxygen atoms in total. The fourth-order valence-corrected chi connectivity index (χ4v) is 1.92. The highest BCUT2D eigenvalue weighted by Gasteiger charge is 2.19. The Morgan fingerprint density at radius 3 is 2.42 bits per heavy atom. The molecule has 0 heterocycles. The van der Waals surface area contributed by atoms with Crippen LogP contribution in [0.4, 0.5) is 11.4 Å². The number of carbonyl (C=O) groups excluding carboxylic acids is 2. The van der Waals surface area contributed by atoms with Gasteiger partial charge in [0.1, 0.15) is 0 Å². The van der Waals surface area contributed by atoms with Crippen LogP contribution < -0.4 is 11.1 Å². The number of aromatic carboxylic acids is 1. The molecule has 2 aromatic carbocycles. The average Bonchev–Trinajstić information content (AvgIpc) is 2.54. The van der Waals surface area contributed by atoms with E-state index in [1.807, 2.05) is 0 Å². The molecule has 124 valence electrons. The van der Waals surface area contributed by atoms with Crippen LogP contribution in [-0.2, 0) is 9.53 Å². The molecule has 0 radical (unpaired) electrons. The number of rotatable bonds is 5. The van der Waals surface area contributed by atoms with Crippen molar-refractivity contribution in [3.63, 3.8) is 0 Å². The fraction of sp³-hybridized carbons (Fsp3) is 0.118. The maximum absolute atomic E-state index is 12.1. The van der Waals surface area contributed by atoms with E-state index in [9.17, 15) is 14.4 Å². The van der Waals surface area contributed by atoms with Gasteiger partial charge in [0.15, 0.2) is 6.10 Å². The van der Waals surface area contributed by atoms with Gasteiger partial charge in [0.25, 0.3) is 5.91 Å². The number of amides is 1. The lowest BCUT2D eigenvalue weighted by atomic mass is 10.2. The molecular weight excluding hydrogens is 312 g/mol. The number of nitrogen functional groups attached to an aromatic ring is 1. The number of carboxylic acids is 1. The zero-order valence-corrected chi connectivity index (χ0v) is 12.9. The van der Waals surface area contributed by atoms with Crippen molar-refractivity contribution >= 4 is 29.2 Å². The second-order valence-electron chi connectivity index (χ2n) is 5.05. The van der Waals surface area contributed by atoms with Crippen molar-refractivity contribution in [3.05, 3.63) is 59.7 Å². The van der Waals surface area contributed by atoms with Gasteiger partial charge in [0, 0.05) is 11.4 Å². The first kappa shape index (κ1) is 17.0. The minimum absolute atomic E-state index is 0.0391. The van der Waals surface area contributed by atoms with Crippen LogP contribution in [0.5, 0.6) is 0 Å². The molecule has 0 bridgehead atoms. The van der Waals surface area contributed by atoms with Crippen molar-refractivity contribution < 1.29 is 24.2 Å². The average molecular weight is 328 g/mol. The predicted octanol–water partition coefficient (Wildman–Crippen LogP) is 2.15. The summed E-state index contributed by atoms with van der Waals surface area (Å²) >= 11 is 0. The third kappa shape index (κ3) is 4.33. The van der Waals surface area contributed by atoms with E-state index in [4.69, 9.17) is 15.6 Å². The SMILES string of the molecule is CC(OC(=O)c1cccc(N)c1)C(=O)Nc1cccc(C(=O)O)c1. The summed E-state index contributed by atoms with van der Waals surface area (Å²) in [4.78, 5) is 34.9. The summed E-state index contributed by atoms with van der Waals surface area (Å²) in [6.45, 7) is 1.42. The maximum Gasteiger partial charge on any atom is 0.338 e. The second kappa shape index (κ2) is 7.28. The first-order valence-electron chi connectivity index (χ1n) is 7.07. The Morgan fingerprint density at radius 2 is 1.75 bits per heavy atom. The lowest BCUT2D eigenvalue weighted by Crippen LogP contribution is -2.30. The summed E-state index contributed by atoms with van der Waals surface area (Å²) in [6.07, 6.45) is -1.06. The van der Waals surface area contributed by atoms with Crippen molar-refractivity contribution in [1.29, 1.82) is 0 Å². The molecule has 4 N–H and O–H groups in total. The van der Waals surface area contributed by atoms with E-state index in [0.29, 0.717) is 11.4 Å². The number of esters is 1. The molecule has 1 unspecified atom stereocenters. The summed E-state index contributed by atoms with van der Waals surface area (Å²) in [6, 6.07) is 12.0. The van der Waals surface area contributed by atoms with Gasteiger partial charge < -0.3 is 20.9 Å². The number of carbonyl (C=O) groups is 3. The van der Waals surface area contributed by atoms with Crippen molar-refractivity contribution in [1.82, 2.24) is 0 Å². The van der Waals surface area contributed by atoms with Crippen LogP contribution in [0, 0.1) is 0 Å². The molecule has 2 aromatic rings. The first-order chi connectivity index (χ1) is 11.4. The number of hydrogen-bond donors (Lipinski definition) is 3. The first-order valence-corrected chi connectivity index (χ1v) is 7.07. The van der Waals surface area contributed by atoms with E-state index in [0.717, 1.165) is 0 Å². The normalized spacial score (nSPS) is 11.4. The Balaban J connectivity index is 2.01. The Bertz CT molecular complexity index is 788. The van der Waals surface area contributed by atoms with Gasteiger partial charge >= 0.3 is 11.9 Å². The van der Waals surface area contributed by atoms with Crippen LogP contribution in [0.1, 0.15) is 27.6 Å². The Morgan fingerprint density at radius 1 is 1.08 bits per heavy atom. The third-order valence-corrected chi connectivity index (χ3v) is 3.15. The fourth-order valence-electron chi connectivity index (χ4n) is 1.92. The van der Waals surface area contributed by atoms with Crippen LogP contribution in [0.15, 0.2) is 48.5 Å². The van der Waals surface area contributed by atoms with E-state index < -0.39 is 23.9 Å². The molecule has 2 rings (SSSR count). The summed E-state index contributed by atoms with van der Waals surface area (Å²) in [7, 11) is 0. The third-order valence-electron chi connectivity index (χ3n) is 3.15. The monoisotopic (exact) mass is 328 g/mol. The topological polar surface area (TPSA) is 119 Å². The molecule has 0 spiro atoms. The molecular formula is C17H16N2O5. The highest BCUT2D eigenvalue weighted by molar-refractivity contribution is 5.98. The molecule has 24 heavy (non-hydrogen) atoms. The molecule has 0 fully saturated rings. The van der Waals surface area contributed by atoms with Gasteiger partial charge in [-0.15, -0.1) is 0 Å². The molecule has 0 aliphatic carbocycles. The molecule has 7 heteroatoms. The number of anilines is 2. The molecule has 0 aliphatic heterocycles. The van der Waals surface area contributed by atoms with Gasteiger partial charge in [0.05, 0.1) is 11.1 Å². The summed E-state index contributed by atoms with van der Waals surface area (Å²) in [5.41, 5.74) is 6.58. The van der Waals surface area contributed by atoms with Gasteiger partial charge in [-0.1, -0.05) is 12.1 Å². The number of hydrogen-bond acceptors (Lipinski definition) is 5. The highest BCUT2D eigenvalue weighted by Crippen LogP contribution is 2.13. The predicted molar refractivity (Wildman–Crippen MR) is 87.8 cm³/mol. The second-order valence-corrected chi connectivity index (χ2v) is 5.05. The molecule has 0 saturated carbocycles. The van der Waals surface area contributed by atoms with Gasteiger partial charge in [-0.3, -0.25) is 4.79 Å². The van der Waals surface area contributed by atoms with Crippen molar-refractivity contribution in [2.45, 2.75) is 13.0 Å². The summed E-state index contributed by atoms with van der Waals surface area (Å²) in [5, 5.41) is 11.4.